The number of hydrogen-bond donors (Lipinski definition) is 3. The number of carbonyl (C=O) groups is 2. The van der Waals surface area contributed by atoms with Gasteiger partial charge in [-0.15, -0.1) is 0 Å². The lowest BCUT2D eigenvalue weighted by atomic mass is 9.94. The quantitative estimate of drug-likeness (QED) is 0.759. The van der Waals surface area contributed by atoms with Crippen LogP contribution in [0.4, 0.5) is 19.3 Å². The highest BCUT2D eigenvalue weighted by Gasteiger charge is 2.34. The molecule has 0 fully saturated rings. The zero-order chi connectivity index (χ0) is 18.8. The van der Waals surface area contributed by atoms with Crippen LogP contribution in [-0.4, -0.2) is 11.9 Å². The number of allylic oxidation sites excluding steroid dienone is 1. The Morgan fingerprint density at radius 2 is 1.81 bits per heavy atom. The molecule has 5 nitrogen and oxygen atoms in total. The van der Waals surface area contributed by atoms with Gasteiger partial charge in [-0.1, -0.05) is 29.8 Å². The standard InChI is InChI=1S/C18H14ClF2N3O2/c1-9-14(17(25)23-13-8-3-2-6-11(13)20)16(24-18(26)22-9)15-10(19)5-4-7-12(15)21/h2-8,16H,1H3,(H,23,25)(H2,22,24,26)/t16-/m1/s1. The highest BCUT2D eigenvalue weighted by atomic mass is 35.5. The summed E-state index contributed by atoms with van der Waals surface area (Å²) in [6.07, 6.45) is 0. The number of urea groups is 1. The first-order chi connectivity index (χ1) is 12.4. The Kier molecular flexibility index (Phi) is 4.90. The maximum atomic E-state index is 14.3. The summed E-state index contributed by atoms with van der Waals surface area (Å²) in [4.78, 5) is 24.6. The zero-order valence-electron chi connectivity index (χ0n) is 13.6. The normalized spacial score (nSPS) is 16.8. The molecule has 0 aromatic heterocycles. The molecule has 0 bridgehead atoms. The second-order valence-electron chi connectivity index (χ2n) is 5.64. The van der Waals surface area contributed by atoms with E-state index in [2.05, 4.69) is 16.0 Å². The minimum absolute atomic E-state index is 0.0276. The van der Waals surface area contributed by atoms with E-state index in [9.17, 15) is 18.4 Å². The fourth-order valence-electron chi connectivity index (χ4n) is 2.75. The van der Waals surface area contributed by atoms with Crippen molar-refractivity contribution in [2.45, 2.75) is 13.0 Å². The van der Waals surface area contributed by atoms with E-state index in [1.165, 1.54) is 43.3 Å². The number of amides is 3. The topological polar surface area (TPSA) is 70.2 Å². The van der Waals surface area contributed by atoms with Gasteiger partial charge in [0.2, 0.25) is 0 Å². The first-order valence-electron chi connectivity index (χ1n) is 7.66. The third kappa shape index (κ3) is 3.39. The van der Waals surface area contributed by atoms with Gasteiger partial charge in [0.15, 0.2) is 0 Å². The first-order valence-corrected chi connectivity index (χ1v) is 8.04. The van der Waals surface area contributed by atoms with Crippen molar-refractivity contribution in [3.8, 4) is 0 Å². The van der Waals surface area contributed by atoms with Crippen molar-refractivity contribution >= 4 is 29.2 Å². The molecule has 0 saturated heterocycles. The van der Waals surface area contributed by atoms with Crippen LogP contribution >= 0.6 is 11.6 Å². The monoisotopic (exact) mass is 377 g/mol. The molecule has 0 saturated carbocycles. The lowest BCUT2D eigenvalue weighted by Gasteiger charge is -2.29. The molecule has 0 radical (unpaired) electrons. The van der Waals surface area contributed by atoms with Gasteiger partial charge in [0.25, 0.3) is 5.91 Å². The summed E-state index contributed by atoms with van der Waals surface area (Å²) in [6, 6.07) is 7.96. The van der Waals surface area contributed by atoms with E-state index in [1.54, 1.807) is 6.07 Å². The average molecular weight is 378 g/mol. The Morgan fingerprint density at radius 1 is 1.12 bits per heavy atom. The SMILES string of the molecule is CC1=C(C(=O)Nc2ccccc2F)[C@H](c2c(F)cccc2Cl)NC(=O)N1. The van der Waals surface area contributed by atoms with Gasteiger partial charge in [-0.2, -0.15) is 0 Å². The maximum Gasteiger partial charge on any atom is 0.319 e. The van der Waals surface area contributed by atoms with Crippen LogP contribution in [0.5, 0.6) is 0 Å². The number of carbonyl (C=O) groups excluding carboxylic acids is 2. The smallest absolute Gasteiger partial charge is 0.319 e. The molecule has 1 aliphatic rings. The van der Waals surface area contributed by atoms with Crippen molar-refractivity contribution in [1.29, 1.82) is 0 Å². The molecule has 3 N–H and O–H groups in total. The number of rotatable bonds is 3. The number of hydrogen-bond acceptors (Lipinski definition) is 2. The Morgan fingerprint density at radius 3 is 2.50 bits per heavy atom. The van der Waals surface area contributed by atoms with Gasteiger partial charge < -0.3 is 16.0 Å². The predicted octanol–water partition coefficient (Wildman–Crippen LogP) is 3.88. The fourth-order valence-corrected chi connectivity index (χ4v) is 3.02. The van der Waals surface area contributed by atoms with Crippen molar-refractivity contribution in [2.75, 3.05) is 5.32 Å². The molecule has 1 aliphatic heterocycles. The second-order valence-corrected chi connectivity index (χ2v) is 6.05. The van der Waals surface area contributed by atoms with Gasteiger partial charge in [-0.25, -0.2) is 13.6 Å². The van der Waals surface area contributed by atoms with Crippen molar-refractivity contribution in [2.24, 2.45) is 0 Å². The van der Waals surface area contributed by atoms with E-state index in [0.717, 1.165) is 0 Å². The van der Waals surface area contributed by atoms with Crippen molar-refractivity contribution in [3.63, 3.8) is 0 Å². The Labute approximate surface area is 153 Å². The highest BCUT2D eigenvalue weighted by Crippen LogP contribution is 2.34. The molecule has 3 amide bonds. The van der Waals surface area contributed by atoms with Gasteiger partial charge in [-0.3, -0.25) is 4.79 Å². The van der Waals surface area contributed by atoms with E-state index >= 15 is 0 Å². The van der Waals surface area contributed by atoms with Crippen molar-refractivity contribution < 1.29 is 18.4 Å². The molecule has 1 atom stereocenters. The minimum atomic E-state index is -1.12. The largest absolute Gasteiger partial charge is 0.327 e. The van der Waals surface area contributed by atoms with Crippen molar-refractivity contribution in [3.05, 3.63) is 76.0 Å². The van der Waals surface area contributed by atoms with E-state index < -0.39 is 29.6 Å². The maximum absolute atomic E-state index is 14.3. The first kappa shape index (κ1) is 17.9. The van der Waals surface area contributed by atoms with Crippen LogP contribution < -0.4 is 16.0 Å². The molecule has 1 heterocycles. The lowest BCUT2D eigenvalue weighted by Crippen LogP contribution is -2.46. The summed E-state index contributed by atoms with van der Waals surface area (Å²) in [5.41, 5.74) is 0.168. The van der Waals surface area contributed by atoms with Gasteiger partial charge in [-0.05, 0) is 31.2 Å². The summed E-state index contributed by atoms with van der Waals surface area (Å²) in [7, 11) is 0. The highest BCUT2D eigenvalue weighted by molar-refractivity contribution is 6.31. The van der Waals surface area contributed by atoms with Gasteiger partial charge >= 0.3 is 6.03 Å². The summed E-state index contributed by atoms with van der Waals surface area (Å²) in [6.45, 7) is 1.50. The Balaban J connectivity index is 2.04. The van der Waals surface area contributed by atoms with Gasteiger partial charge in [0.05, 0.1) is 17.3 Å². The second kappa shape index (κ2) is 7.13. The lowest BCUT2D eigenvalue weighted by molar-refractivity contribution is -0.113. The number of para-hydroxylation sites is 1. The molecule has 0 unspecified atom stereocenters. The molecule has 2 aromatic carbocycles. The van der Waals surface area contributed by atoms with Crippen LogP contribution in [0.1, 0.15) is 18.5 Å². The minimum Gasteiger partial charge on any atom is -0.327 e. The van der Waals surface area contributed by atoms with E-state index in [1.807, 2.05) is 0 Å². The summed E-state index contributed by atoms with van der Waals surface area (Å²) in [5, 5.41) is 7.44. The summed E-state index contributed by atoms with van der Waals surface area (Å²) in [5.74, 6) is -1.98. The van der Waals surface area contributed by atoms with E-state index in [0.29, 0.717) is 0 Å². The molecule has 0 aliphatic carbocycles. The number of halogens is 3. The van der Waals surface area contributed by atoms with Crippen LogP contribution in [0.15, 0.2) is 53.7 Å². The molecule has 3 rings (SSSR count). The van der Waals surface area contributed by atoms with E-state index in [4.69, 9.17) is 11.6 Å². The van der Waals surface area contributed by atoms with Crippen LogP contribution in [0.25, 0.3) is 0 Å². The van der Waals surface area contributed by atoms with Crippen molar-refractivity contribution in [1.82, 2.24) is 10.6 Å². The average Bonchev–Trinajstić information content (AvgIpc) is 2.56. The molecule has 134 valence electrons. The fraction of sp³-hybridized carbons (Fsp3) is 0.111. The molecular formula is C18H14ClF2N3O2. The number of anilines is 1. The van der Waals surface area contributed by atoms with Gasteiger partial charge in [0, 0.05) is 16.3 Å². The summed E-state index contributed by atoms with van der Waals surface area (Å²) >= 11 is 6.09. The zero-order valence-corrected chi connectivity index (χ0v) is 14.3. The molecule has 8 heteroatoms. The molecule has 0 spiro atoms. The van der Waals surface area contributed by atoms with Crippen LogP contribution in [-0.2, 0) is 4.79 Å². The summed E-state index contributed by atoms with van der Waals surface area (Å²) < 4.78 is 28.2. The third-order valence-electron chi connectivity index (χ3n) is 3.92. The van der Waals surface area contributed by atoms with Crippen LogP contribution in [0, 0.1) is 11.6 Å². The molecule has 2 aromatic rings. The molecular weight excluding hydrogens is 364 g/mol. The predicted molar refractivity (Wildman–Crippen MR) is 93.5 cm³/mol. The number of benzene rings is 2. The van der Waals surface area contributed by atoms with E-state index in [-0.39, 0.29) is 27.5 Å². The Hall–Kier alpha value is -2.93. The van der Waals surface area contributed by atoms with Gasteiger partial charge in [0.1, 0.15) is 11.6 Å². The molecule has 26 heavy (non-hydrogen) atoms. The number of nitrogens with one attached hydrogen (secondary N) is 3. The van der Waals surface area contributed by atoms with Crippen LogP contribution in [0.2, 0.25) is 5.02 Å². The Bertz CT molecular complexity index is 910. The van der Waals surface area contributed by atoms with Crippen LogP contribution in [0.3, 0.4) is 0 Å². The third-order valence-corrected chi connectivity index (χ3v) is 4.25.